The third-order valence-corrected chi connectivity index (χ3v) is 3.33. The number of nitriles is 1. The summed E-state index contributed by atoms with van der Waals surface area (Å²) >= 11 is 0. The molecule has 2 N–H and O–H groups in total. The summed E-state index contributed by atoms with van der Waals surface area (Å²) in [5.41, 5.74) is 6.52. The van der Waals surface area contributed by atoms with Crippen LogP contribution in [0.15, 0.2) is 24.3 Å². The summed E-state index contributed by atoms with van der Waals surface area (Å²) < 4.78 is 5.70. The number of nitrogens with two attached hydrogens (primary N) is 1. The molecule has 0 saturated carbocycles. The highest BCUT2D eigenvalue weighted by Crippen LogP contribution is 2.24. The first-order chi connectivity index (χ1) is 9.24. The molecule has 0 aliphatic carbocycles. The molecule has 0 saturated heterocycles. The molecule has 3 heteroatoms. The van der Waals surface area contributed by atoms with E-state index >= 15 is 0 Å². The molecule has 0 spiro atoms. The van der Waals surface area contributed by atoms with Crippen molar-refractivity contribution in [2.24, 2.45) is 5.73 Å². The molecule has 1 atom stereocenters. The summed E-state index contributed by atoms with van der Waals surface area (Å²) in [5, 5.41) is 8.81. The molecule has 0 aliphatic heterocycles. The largest absolute Gasteiger partial charge is 0.494 e. The minimum atomic E-state index is -0.714. The molecule has 1 aromatic rings. The molecular formula is C17H26N2O. The van der Waals surface area contributed by atoms with E-state index in [1.165, 1.54) is 5.56 Å². The Morgan fingerprint density at radius 1 is 1.10 bits per heavy atom. The molecule has 0 amide bonds. The maximum absolute atomic E-state index is 8.81. The van der Waals surface area contributed by atoms with Gasteiger partial charge in [-0.2, -0.15) is 5.26 Å². The van der Waals surface area contributed by atoms with E-state index < -0.39 is 5.54 Å². The molecule has 1 rings (SSSR count). The highest BCUT2D eigenvalue weighted by atomic mass is 16.5. The summed E-state index contributed by atoms with van der Waals surface area (Å²) in [7, 11) is 0. The normalized spacial score (nSPS) is 14.4. The van der Waals surface area contributed by atoms with Crippen molar-refractivity contribution in [2.75, 3.05) is 6.61 Å². The number of unbranched alkanes of at least 4 members (excludes halogenated alkanes) is 1. The van der Waals surface area contributed by atoms with Gasteiger partial charge in [0, 0.05) is 0 Å². The van der Waals surface area contributed by atoms with Crippen LogP contribution in [-0.4, -0.2) is 12.1 Å². The van der Waals surface area contributed by atoms with Crippen LogP contribution in [0.5, 0.6) is 5.75 Å². The van der Waals surface area contributed by atoms with Gasteiger partial charge in [0.2, 0.25) is 0 Å². The van der Waals surface area contributed by atoms with Crippen LogP contribution in [0.2, 0.25) is 0 Å². The second-order valence-corrected chi connectivity index (χ2v) is 6.61. The first kappa shape index (κ1) is 16.5. The first-order valence-corrected chi connectivity index (χ1v) is 7.18. The zero-order valence-corrected chi connectivity index (χ0v) is 13.1. The average Bonchev–Trinajstić information content (AvgIpc) is 2.38. The van der Waals surface area contributed by atoms with E-state index in [1.807, 2.05) is 12.1 Å². The van der Waals surface area contributed by atoms with Gasteiger partial charge >= 0.3 is 0 Å². The maximum Gasteiger partial charge on any atom is 0.119 e. The molecule has 1 aromatic carbocycles. The van der Waals surface area contributed by atoms with Gasteiger partial charge in [-0.25, -0.2) is 0 Å². The van der Waals surface area contributed by atoms with Crippen molar-refractivity contribution in [1.82, 2.24) is 0 Å². The Morgan fingerprint density at radius 3 is 2.20 bits per heavy atom. The topological polar surface area (TPSA) is 59.0 Å². The van der Waals surface area contributed by atoms with Crippen molar-refractivity contribution in [3.8, 4) is 11.8 Å². The first-order valence-electron chi connectivity index (χ1n) is 7.18. The molecule has 3 nitrogen and oxygen atoms in total. The number of benzene rings is 1. The summed E-state index contributed by atoms with van der Waals surface area (Å²) in [5.74, 6) is 0.897. The van der Waals surface area contributed by atoms with Gasteiger partial charge in [-0.1, -0.05) is 32.9 Å². The van der Waals surface area contributed by atoms with Gasteiger partial charge in [0.15, 0.2) is 0 Å². The summed E-state index contributed by atoms with van der Waals surface area (Å²) in [4.78, 5) is 0. The molecule has 0 heterocycles. The summed E-state index contributed by atoms with van der Waals surface area (Å²) in [6.45, 7) is 9.01. The van der Waals surface area contributed by atoms with Gasteiger partial charge in [-0.15, -0.1) is 0 Å². The van der Waals surface area contributed by atoms with E-state index in [9.17, 15) is 0 Å². The number of hydrogen-bond acceptors (Lipinski definition) is 3. The quantitative estimate of drug-likeness (QED) is 0.803. The molecule has 0 aromatic heterocycles. The molecule has 0 bridgehead atoms. The number of ether oxygens (including phenoxy) is 1. The van der Waals surface area contributed by atoms with E-state index in [0.29, 0.717) is 13.0 Å². The lowest BCUT2D eigenvalue weighted by atomic mass is 9.87. The van der Waals surface area contributed by atoms with Gasteiger partial charge in [-0.05, 0) is 49.3 Å². The van der Waals surface area contributed by atoms with E-state index in [1.54, 1.807) is 6.92 Å². The molecule has 0 fully saturated rings. The third-order valence-electron chi connectivity index (χ3n) is 3.33. The highest BCUT2D eigenvalue weighted by molar-refractivity contribution is 5.31. The number of rotatable bonds is 6. The predicted molar refractivity (Wildman–Crippen MR) is 82.7 cm³/mol. The van der Waals surface area contributed by atoms with Crippen LogP contribution in [0.1, 0.15) is 52.5 Å². The van der Waals surface area contributed by atoms with Gasteiger partial charge in [-0.3, -0.25) is 0 Å². The van der Waals surface area contributed by atoms with Crippen LogP contribution >= 0.6 is 0 Å². The predicted octanol–water partition coefficient (Wildman–Crippen LogP) is 3.77. The van der Waals surface area contributed by atoms with Gasteiger partial charge in [0.05, 0.1) is 12.7 Å². The van der Waals surface area contributed by atoms with Gasteiger partial charge in [0.25, 0.3) is 0 Å². The molecule has 0 aliphatic rings. The van der Waals surface area contributed by atoms with E-state index in [-0.39, 0.29) is 5.41 Å². The van der Waals surface area contributed by atoms with Crippen LogP contribution in [0, 0.1) is 11.3 Å². The Bertz CT molecular complexity index is 449. The van der Waals surface area contributed by atoms with Gasteiger partial charge in [0.1, 0.15) is 11.3 Å². The zero-order valence-electron chi connectivity index (χ0n) is 13.1. The summed E-state index contributed by atoms with van der Waals surface area (Å²) in [6, 6.07) is 10.4. The van der Waals surface area contributed by atoms with Crippen molar-refractivity contribution < 1.29 is 4.74 Å². The molecule has 20 heavy (non-hydrogen) atoms. The van der Waals surface area contributed by atoms with Crippen LogP contribution in [0.25, 0.3) is 0 Å². The maximum atomic E-state index is 8.81. The number of nitrogens with zero attached hydrogens (tertiary/aromatic N) is 1. The fraction of sp³-hybridized carbons (Fsp3) is 0.588. The highest BCUT2D eigenvalue weighted by Gasteiger charge is 2.16. The molecule has 1 unspecified atom stereocenters. The van der Waals surface area contributed by atoms with Crippen molar-refractivity contribution in [3.63, 3.8) is 0 Å². The second kappa shape index (κ2) is 6.76. The Labute approximate surface area is 122 Å². The van der Waals surface area contributed by atoms with Crippen molar-refractivity contribution in [3.05, 3.63) is 29.8 Å². The van der Waals surface area contributed by atoms with E-state index in [4.69, 9.17) is 15.7 Å². The molecule has 0 radical (unpaired) electrons. The third kappa shape index (κ3) is 5.63. The molecule has 110 valence electrons. The Morgan fingerprint density at radius 2 is 1.70 bits per heavy atom. The number of hydrogen-bond donors (Lipinski definition) is 1. The van der Waals surface area contributed by atoms with Crippen LogP contribution in [-0.2, 0) is 5.41 Å². The van der Waals surface area contributed by atoms with Crippen molar-refractivity contribution in [1.29, 1.82) is 5.26 Å². The Hall–Kier alpha value is -1.53. The Balaban J connectivity index is 2.32. The zero-order chi connectivity index (χ0) is 15.2. The lowest BCUT2D eigenvalue weighted by Crippen LogP contribution is -2.33. The van der Waals surface area contributed by atoms with Crippen molar-refractivity contribution >= 4 is 0 Å². The van der Waals surface area contributed by atoms with Crippen LogP contribution in [0.3, 0.4) is 0 Å². The monoisotopic (exact) mass is 274 g/mol. The minimum absolute atomic E-state index is 0.168. The molecular weight excluding hydrogens is 248 g/mol. The smallest absolute Gasteiger partial charge is 0.119 e. The summed E-state index contributed by atoms with van der Waals surface area (Å²) in [6.07, 6.45) is 2.52. The van der Waals surface area contributed by atoms with Crippen molar-refractivity contribution in [2.45, 2.75) is 57.9 Å². The van der Waals surface area contributed by atoms with Gasteiger partial charge < -0.3 is 10.5 Å². The van der Waals surface area contributed by atoms with Crippen LogP contribution < -0.4 is 10.5 Å². The minimum Gasteiger partial charge on any atom is -0.494 e. The lowest BCUT2D eigenvalue weighted by molar-refractivity contribution is 0.300. The Kier molecular flexibility index (Phi) is 5.59. The van der Waals surface area contributed by atoms with E-state index in [0.717, 1.165) is 18.6 Å². The second-order valence-electron chi connectivity index (χ2n) is 6.61. The standard InChI is InChI=1S/C17H26N2O/c1-16(2,3)14-7-9-15(10-8-14)20-12-6-5-11-17(4,19)13-18/h7-10H,5-6,11-12,19H2,1-4H3. The fourth-order valence-corrected chi connectivity index (χ4v) is 1.89. The average molecular weight is 274 g/mol. The fourth-order valence-electron chi connectivity index (χ4n) is 1.89. The van der Waals surface area contributed by atoms with Crippen LogP contribution in [0.4, 0.5) is 0 Å². The van der Waals surface area contributed by atoms with E-state index in [2.05, 4.69) is 39.0 Å². The lowest BCUT2D eigenvalue weighted by Gasteiger charge is -2.19. The SMILES string of the molecule is CC(N)(C#N)CCCCOc1ccc(C(C)(C)C)cc1.